The maximum Gasteiger partial charge on any atom is 0.244 e. The van der Waals surface area contributed by atoms with Gasteiger partial charge in [0.2, 0.25) is 5.91 Å². The molecule has 0 fully saturated rings. The smallest absolute Gasteiger partial charge is 0.244 e. The molecule has 2 aromatic rings. The molecule has 1 aromatic heterocycles. The van der Waals surface area contributed by atoms with Crippen molar-refractivity contribution >= 4 is 23.3 Å². The highest BCUT2D eigenvalue weighted by molar-refractivity contribution is 7.10. The van der Waals surface area contributed by atoms with Crippen molar-refractivity contribution in [2.45, 2.75) is 38.1 Å². The molecular weight excluding hydrogens is 292 g/mol. The van der Waals surface area contributed by atoms with Gasteiger partial charge in [0.1, 0.15) is 0 Å². The predicted octanol–water partition coefficient (Wildman–Crippen LogP) is 3.78. The lowest BCUT2D eigenvalue weighted by atomic mass is 9.79. The van der Waals surface area contributed by atoms with E-state index in [1.165, 1.54) is 28.9 Å². The number of thiazole rings is 1. The van der Waals surface area contributed by atoms with Gasteiger partial charge in [-0.1, -0.05) is 24.3 Å². The van der Waals surface area contributed by atoms with E-state index < -0.39 is 0 Å². The lowest BCUT2D eigenvalue weighted by Gasteiger charge is -2.30. The van der Waals surface area contributed by atoms with Crippen LogP contribution in [0.5, 0.6) is 0 Å². The van der Waals surface area contributed by atoms with Crippen molar-refractivity contribution in [1.82, 2.24) is 10.3 Å². The van der Waals surface area contributed by atoms with E-state index in [-0.39, 0.29) is 11.9 Å². The lowest BCUT2D eigenvalue weighted by molar-refractivity contribution is -0.117. The highest BCUT2D eigenvalue weighted by Gasteiger charge is 2.25. The van der Waals surface area contributed by atoms with Gasteiger partial charge in [0, 0.05) is 29.1 Å². The average Bonchev–Trinajstić information content (AvgIpc) is 3.06. The van der Waals surface area contributed by atoms with Crippen LogP contribution in [0, 0.1) is 0 Å². The largest absolute Gasteiger partial charge is 0.349 e. The number of carbonyl (C=O) groups excluding carboxylic acids is 1. The van der Waals surface area contributed by atoms with Crippen LogP contribution in [0.15, 0.2) is 42.0 Å². The van der Waals surface area contributed by atoms with E-state index in [1.54, 1.807) is 17.8 Å². The monoisotopic (exact) mass is 312 g/mol. The van der Waals surface area contributed by atoms with E-state index in [0.29, 0.717) is 5.92 Å². The van der Waals surface area contributed by atoms with Crippen LogP contribution in [0.2, 0.25) is 0 Å². The Morgan fingerprint density at radius 1 is 1.45 bits per heavy atom. The van der Waals surface area contributed by atoms with Crippen LogP contribution >= 0.6 is 11.3 Å². The van der Waals surface area contributed by atoms with E-state index in [2.05, 4.69) is 41.5 Å². The van der Waals surface area contributed by atoms with Crippen molar-refractivity contribution in [2.24, 2.45) is 0 Å². The summed E-state index contributed by atoms with van der Waals surface area (Å²) in [7, 11) is 0. The number of nitrogens with one attached hydrogen (secondary N) is 1. The van der Waals surface area contributed by atoms with Gasteiger partial charge < -0.3 is 5.32 Å². The van der Waals surface area contributed by atoms with E-state index in [1.807, 2.05) is 6.08 Å². The summed E-state index contributed by atoms with van der Waals surface area (Å²) in [6, 6.07) is 8.74. The number of hydrogen-bond acceptors (Lipinski definition) is 3. The van der Waals surface area contributed by atoms with E-state index >= 15 is 0 Å². The Balaban J connectivity index is 1.65. The normalized spacial score (nSPS) is 18.9. The van der Waals surface area contributed by atoms with Crippen LogP contribution in [0.25, 0.3) is 6.08 Å². The first-order valence-electron chi connectivity index (χ1n) is 7.69. The van der Waals surface area contributed by atoms with Gasteiger partial charge in [0.15, 0.2) is 0 Å². The molecule has 2 atom stereocenters. The quantitative estimate of drug-likeness (QED) is 0.873. The third-order valence-corrected chi connectivity index (χ3v) is 4.98. The molecule has 1 amide bonds. The Morgan fingerprint density at radius 2 is 2.32 bits per heavy atom. The van der Waals surface area contributed by atoms with Crippen molar-refractivity contribution in [3.05, 3.63) is 58.1 Å². The summed E-state index contributed by atoms with van der Waals surface area (Å²) in [4.78, 5) is 17.1. The fraction of sp³-hybridized carbons (Fsp3) is 0.333. The number of nitrogens with zero attached hydrogens (tertiary/aromatic N) is 1. The summed E-state index contributed by atoms with van der Waals surface area (Å²) in [5, 5.41) is 3.11. The van der Waals surface area contributed by atoms with Crippen molar-refractivity contribution in [1.29, 1.82) is 0 Å². The molecular formula is C18H20N2OS. The van der Waals surface area contributed by atoms with Gasteiger partial charge in [0.05, 0.1) is 5.51 Å². The van der Waals surface area contributed by atoms with E-state index in [0.717, 1.165) is 17.7 Å². The summed E-state index contributed by atoms with van der Waals surface area (Å²) >= 11 is 1.52. The fourth-order valence-electron chi connectivity index (χ4n) is 3.15. The van der Waals surface area contributed by atoms with Crippen molar-refractivity contribution in [3.63, 3.8) is 0 Å². The molecule has 0 saturated carbocycles. The van der Waals surface area contributed by atoms with Gasteiger partial charge >= 0.3 is 0 Å². The van der Waals surface area contributed by atoms with Crippen molar-refractivity contribution in [3.8, 4) is 0 Å². The predicted molar refractivity (Wildman–Crippen MR) is 90.9 cm³/mol. The highest BCUT2D eigenvalue weighted by atomic mass is 32.1. The maximum atomic E-state index is 12.1. The second kappa shape index (κ2) is 6.88. The number of benzene rings is 1. The molecule has 3 nitrogen and oxygen atoms in total. The molecule has 0 aliphatic heterocycles. The molecule has 1 unspecified atom stereocenters. The highest BCUT2D eigenvalue weighted by Crippen LogP contribution is 2.33. The lowest BCUT2D eigenvalue weighted by Crippen LogP contribution is -2.37. The average molecular weight is 312 g/mol. The number of carbonyl (C=O) groups is 1. The first-order chi connectivity index (χ1) is 10.7. The molecule has 22 heavy (non-hydrogen) atoms. The summed E-state index contributed by atoms with van der Waals surface area (Å²) in [5.74, 6) is 0.370. The van der Waals surface area contributed by atoms with Crippen LogP contribution < -0.4 is 5.32 Å². The summed E-state index contributed by atoms with van der Waals surface area (Å²) < 4.78 is 0. The van der Waals surface area contributed by atoms with Crippen LogP contribution in [-0.4, -0.2) is 16.9 Å². The molecule has 3 rings (SSSR count). The summed E-state index contributed by atoms with van der Waals surface area (Å²) in [5.41, 5.74) is 4.59. The topological polar surface area (TPSA) is 42.0 Å². The SMILES string of the molecule is C[C@@H](NC(=O)/C=C/c1cncs1)C1CCCc2ccccc21. The standard InChI is InChI=1S/C18H20N2OS/c1-13(20-18(21)10-9-15-11-19-12-22-15)16-8-4-6-14-5-2-3-7-17(14)16/h2-3,5,7,9-13,16H,4,6,8H2,1H3,(H,20,21)/b10-9+/t13-,16?/m1/s1. The first-order valence-corrected chi connectivity index (χ1v) is 8.57. The first kappa shape index (κ1) is 15.0. The molecule has 0 spiro atoms. The van der Waals surface area contributed by atoms with E-state index in [4.69, 9.17) is 0 Å². The molecule has 0 bridgehead atoms. The van der Waals surface area contributed by atoms with Crippen molar-refractivity contribution < 1.29 is 4.79 Å². The zero-order valence-electron chi connectivity index (χ0n) is 12.7. The molecule has 4 heteroatoms. The molecule has 1 aliphatic rings. The second-order valence-electron chi connectivity index (χ2n) is 5.73. The van der Waals surface area contributed by atoms with Crippen LogP contribution in [0.1, 0.15) is 41.7 Å². The second-order valence-corrected chi connectivity index (χ2v) is 6.65. The number of rotatable bonds is 4. The van der Waals surface area contributed by atoms with Crippen LogP contribution in [0.4, 0.5) is 0 Å². The van der Waals surface area contributed by atoms with Gasteiger partial charge in [-0.05, 0) is 43.4 Å². The van der Waals surface area contributed by atoms with Crippen LogP contribution in [-0.2, 0) is 11.2 Å². The number of amides is 1. The maximum absolute atomic E-state index is 12.1. The molecule has 1 heterocycles. The Hall–Kier alpha value is -1.94. The zero-order chi connectivity index (χ0) is 15.4. The van der Waals surface area contributed by atoms with Gasteiger partial charge in [0.25, 0.3) is 0 Å². The van der Waals surface area contributed by atoms with Gasteiger partial charge in [-0.25, -0.2) is 0 Å². The summed E-state index contributed by atoms with van der Waals surface area (Å²) in [6.07, 6.45) is 8.65. The Morgan fingerprint density at radius 3 is 3.14 bits per heavy atom. The molecule has 0 saturated heterocycles. The number of fused-ring (bicyclic) bond motifs is 1. The van der Waals surface area contributed by atoms with Gasteiger partial charge in [-0.15, -0.1) is 11.3 Å². The third kappa shape index (κ3) is 3.45. The number of aryl methyl sites for hydroxylation is 1. The Kier molecular flexibility index (Phi) is 4.68. The number of hydrogen-bond donors (Lipinski definition) is 1. The molecule has 1 aliphatic carbocycles. The third-order valence-electron chi connectivity index (χ3n) is 4.24. The molecule has 1 aromatic carbocycles. The zero-order valence-corrected chi connectivity index (χ0v) is 13.5. The summed E-state index contributed by atoms with van der Waals surface area (Å²) in [6.45, 7) is 2.10. The van der Waals surface area contributed by atoms with Gasteiger partial charge in [-0.2, -0.15) is 0 Å². The molecule has 114 valence electrons. The Labute approximate surface area is 135 Å². The minimum absolute atomic E-state index is 0.0380. The fourth-order valence-corrected chi connectivity index (χ4v) is 3.66. The molecule has 1 N–H and O–H groups in total. The molecule has 0 radical (unpaired) electrons. The van der Waals surface area contributed by atoms with Gasteiger partial charge in [-0.3, -0.25) is 9.78 Å². The van der Waals surface area contributed by atoms with Crippen LogP contribution in [0.3, 0.4) is 0 Å². The number of aromatic nitrogens is 1. The Bertz CT molecular complexity index is 663. The van der Waals surface area contributed by atoms with Crippen molar-refractivity contribution in [2.75, 3.05) is 0 Å². The van der Waals surface area contributed by atoms with E-state index in [9.17, 15) is 4.79 Å². The minimum Gasteiger partial charge on any atom is -0.349 e. The minimum atomic E-state index is -0.0380.